The Morgan fingerprint density at radius 1 is 1.00 bits per heavy atom. The van der Waals surface area contributed by atoms with Crippen LogP contribution in [-0.4, -0.2) is 34.1 Å². The smallest absolute Gasteiger partial charge is 0.118 e. The summed E-state index contributed by atoms with van der Waals surface area (Å²) in [5.41, 5.74) is 2.84. The third-order valence-electron chi connectivity index (χ3n) is 10.9. The van der Waals surface area contributed by atoms with Gasteiger partial charge in [-0.2, -0.15) is 0 Å². The number of rotatable bonds is 4. The Hall–Kier alpha value is -0.640. The third kappa shape index (κ3) is 2.95. The van der Waals surface area contributed by atoms with Gasteiger partial charge in [-0.1, -0.05) is 59.3 Å². The van der Waals surface area contributed by atoms with Crippen molar-refractivity contribution in [3.05, 3.63) is 23.3 Å². The van der Waals surface area contributed by atoms with Gasteiger partial charge in [0.25, 0.3) is 0 Å². The molecular formula is C28H44O3. The van der Waals surface area contributed by atoms with Gasteiger partial charge in [0.2, 0.25) is 0 Å². The van der Waals surface area contributed by atoms with Crippen molar-refractivity contribution in [1.82, 2.24) is 0 Å². The Bertz CT molecular complexity index is 798. The fourth-order valence-corrected chi connectivity index (χ4v) is 8.47. The summed E-state index contributed by atoms with van der Waals surface area (Å²) in [5.74, 6) is 3.05. The zero-order valence-electron chi connectivity index (χ0n) is 20.5. The molecule has 3 heteroatoms. The lowest BCUT2D eigenvalue weighted by atomic mass is 9.50. The number of allylic oxidation sites excluding steroid dienone is 2. The van der Waals surface area contributed by atoms with E-state index >= 15 is 0 Å². The molecule has 5 rings (SSSR count). The fourth-order valence-electron chi connectivity index (χ4n) is 8.47. The summed E-state index contributed by atoms with van der Waals surface area (Å²) in [6, 6.07) is 0. The van der Waals surface area contributed by atoms with Gasteiger partial charge in [-0.25, -0.2) is 0 Å². The van der Waals surface area contributed by atoms with Crippen LogP contribution in [0.2, 0.25) is 0 Å². The molecule has 4 aliphatic carbocycles. The molecule has 31 heavy (non-hydrogen) atoms. The van der Waals surface area contributed by atoms with Crippen LogP contribution in [0.15, 0.2) is 23.3 Å². The standard InChI is InChI=1S/C28H44O3/c1-16(2)17(3)7-8-18(4)20-9-10-21-23-22(12-13-26(20,21)5)27(6)14-11-19(29)15-28(27)25(31-28)24(23)30/h7-8,16-21,24-25,29-30H,9-15H2,1-6H3/b8-7+/t17-,18+,19-,20+,21-,24+,25-,26-,27-,28-/m0/s1. The summed E-state index contributed by atoms with van der Waals surface area (Å²) in [6.07, 6.45) is 11.4. The average Bonchev–Trinajstić information content (AvgIpc) is 3.34. The highest BCUT2D eigenvalue weighted by atomic mass is 16.6. The Kier molecular flexibility index (Phi) is 5.13. The molecule has 1 saturated heterocycles. The first kappa shape index (κ1) is 22.2. The maximum atomic E-state index is 11.5. The molecule has 0 bridgehead atoms. The highest BCUT2D eigenvalue weighted by molar-refractivity contribution is 5.45. The largest absolute Gasteiger partial charge is 0.393 e. The Balaban J connectivity index is 1.45. The molecule has 1 heterocycles. The lowest BCUT2D eigenvalue weighted by Crippen LogP contribution is -2.55. The van der Waals surface area contributed by atoms with Crippen LogP contribution in [0.1, 0.15) is 86.5 Å². The molecule has 3 fully saturated rings. The maximum Gasteiger partial charge on any atom is 0.118 e. The lowest BCUT2D eigenvalue weighted by molar-refractivity contribution is -0.000636. The van der Waals surface area contributed by atoms with E-state index in [4.69, 9.17) is 4.74 Å². The minimum Gasteiger partial charge on any atom is -0.393 e. The number of hydrogen-bond acceptors (Lipinski definition) is 3. The van der Waals surface area contributed by atoms with Gasteiger partial charge >= 0.3 is 0 Å². The second kappa shape index (κ2) is 7.18. The summed E-state index contributed by atoms with van der Waals surface area (Å²) in [6.45, 7) is 14.3. The third-order valence-corrected chi connectivity index (χ3v) is 10.9. The van der Waals surface area contributed by atoms with Gasteiger partial charge in [0.05, 0.1) is 6.10 Å². The molecule has 3 nitrogen and oxygen atoms in total. The van der Waals surface area contributed by atoms with E-state index < -0.39 is 6.10 Å². The lowest BCUT2D eigenvalue weighted by Gasteiger charge is -2.54. The second-order valence-electron chi connectivity index (χ2n) is 12.6. The highest BCUT2D eigenvalue weighted by Crippen LogP contribution is 2.72. The quantitative estimate of drug-likeness (QED) is 0.449. The van der Waals surface area contributed by atoms with E-state index in [-0.39, 0.29) is 28.6 Å². The summed E-state index contributed by atoms with van der Waals surface area (Å²) in [5, 5.41) is 21.9. The normalized spacial score (nSPS) is 50.7. The molecule has 10 atom stereocenters. The minimum atomic E-state index is -0.469. The van der Waals surface area contributed by atoms with E-state index in [1.165, 1.54) is 30.4 Å². The zero-order chi connectivity index (χ0) is 22.3. The molecule has 0 aromatic heterocycles. The Morgan fingerprint density at radius 3 is 2.45 bits per heavy atom. The van der Waals surface area contributed by atoms with Crippen LogP contribution in [0, 0.1) is 40.4 Å². The molecule has 2 saturated carbocycles. The number of ether oxygens (including phenoxy) is 1. The highest BCUT2D eigenvalue weighted by Gasteiger charge is 2.76. The maximum absolute atomic E-state index is 11.5. The molecule has 5 aliphatic rings. The number of epoxide rings is 1. The fraction of sp³-hybridized carbons (Fsp3) is 0.857. The topological polar surface area (TPSA) is 53.0 Å². The van der Waals surface area contributed by atoms with Crippen LogP contribution in [0.4, 0.5) is 0 Å². The molecule has 0 amide bonds. The monoisotopic (exact) mass is 428 g/mol. The predicted molar refractivity (Wildman–Crippen MR) is 124 cm³/mol. The second-order valence-corrected chi connectivity index (χ2v) is 12.6. The summed E-state index contributed by atoms with van der Waals surface area (Å²) in [4.78, 5) is 0. The number of hydrogen-bond donors (Lipinski definition) is 2. The van der Waals surface area contributed by atoms with E-state index in [9.17, 15) is 10.2 Å². The van der Waals surface area contributed by atoms with Gasteiger partial charge < -0.3 is 14.9 Å². The van der Waals surface area contributed by atoms with Crippen LogP contribution < -0.4 is 0 Å². The van der Waals surface area contributed by atoms with Crippen LogP contribution >= 0.6 is 0 Å². The molecule has 0 radical (unpaired) electrons. The van der Waals surface area contributed by atoms with Crippen LogP contribution in [-0.2, 0) is 4.74 Å². The van der Waals surface area contributed by atoms with Gasteiger partial charge in [0, 0.05) is 11.8 Å². The molecule has 2 N–H and O–H groups in total. The van der Waals surface area contributed by atoms with Gasteiger partial charge in [0.1, 0.15) is 17.8 Å². The first-order valence-electron chi connectivity index (χ1n) is 13.0. The molecule has 174 valence electrons. The molecular weight excluding hydrogens is 384 g/mol. The summed E-state index contributed by atoms with van der Waals surface area (Å²) in [7, 11) is 0. The van der Waals surface area contributed by atoms with Crippen molar-refractivity contribution in [2.75, 3.05) is 0 Å². The van der Waals surface area contributed by atoms with Crippen molar-refractivity contribution in [3.63, 3.8) is 0 Å². The van der Waals surface area contributed by atoms with E-state index in [0.29, 0.717) is 36.0 Å². The number of aliphatic hydroxyl groups excluding tert-OH is 2. The first-order valence-corrected chi connectivity index (χ1v) is 13.0. The zero-order valence-corrected chi connectivity index (χ0v) is 20.5. The van der Waals surface area contributed by atoms with E-state index in [1.807, 2.05) is 0 Å². The number of fused-ring (bicyclic) bond motifs is 3. The van der Waals surface area contributed by atoms with Gasteiger partial charge in [-0.3, -0.25) is 0 Å². The molecule has 0 aromatic rings. The SMILES string of the molecule is CC(C)[C@@H](C)/C=C/[C@@H](C)[C@H]1CC[C@H]2C3=C(CC[C@@]12C)[C@]1(C)CC[C@H](O)C[C@@]12O[C@H]2[C@@H]3O. The molecule has 1 spiro atoms. The van der Waals surface area contributed by atoms with Crippen molar-refractivity contribution in [1.29, 1.82) is 0 Å². The van der Waals surface area contributed by atoms with Crippen LogP contribution in [0.5, 0.6) is 0 Å². The molecule has 0 unspecified atom stereocenters. The van der Waals surface area contributed by atoms with Crippen LogP contribution in [0.3, 0.4) is 0 Å². The molecule has 0 aromatic carbocycles. The van der Waals surface area contributed by atoms with Crippen LogP contribution in [0.25, 0.3) is 0 Å². The van der Waals surface area contributed by atoms with Gasteiger partial charge in [0.15, 0.2) is 0 Å². The van der Waals surface area contributed by atoms with Crippen molar-refractivity contribution in [2.24, 2.45) is 40.4 Å². The predicted octanol–water partition coefficient (Wildman–Crippen LogP) is 5.66. The number of aliphatic hydroxyl groups is 2. The average molecular weight is 429 g/mol. The van der Waals surface area contributed by atoms with E-state index in [2.05, 4.69) is 53.7 Å². The molecule has 1 aliphatic heterocycles. The Morgan fingerprint density at radius 2 is 1.74 bits per heavy atom. The summed E-state index contributed by atoms with van der Waals surface area (Å²) < 4.78 is 6.33. The first-order chi connectivity index (χ1) is 14.5. The van der Waals surface area contributed by atoms with E-state index in [1.54, 1.807) is 0 Å². The van der Waals surface area contributed by atoms with Gasteiger partial charge in [-0.15, -0.1) is 0 Å². The van der Waals surface area contributed by atoms with Crippen molar-refractivity contribution >= 4 is 0 Å². The van der Waals surface area contributed by atoms with Crippen molar-refractivity contribution < 1.29 is 14.9 Å². The van der Waals surface area contributed by atoms with Crippen molar-refractivity contribution in [3.8, 4) is 0 Å². The van der Waals surface area contributed by atoms with Crippen molar-refractivity contribution in [2.45, 2.75) is 110 Å². The van der Waals surface area contributed by atoms with E-state index in [0.717, 1.165) is 19.3 Å². The minimum absolute atomic E-state index is 0.00307. The van der Waals surface area contributed by atoms with Gasteiger partial charge in [-0.05, 0) is 79.1 Å². The summed E-state index contributed by atoms with van der Waals surface area (Å²) >= 11 is 0. The Labute approximate surface area is 189 Å².